The van der Waals surface area contributed by atoms with E-state index in [9.17, 15) is 0 Å². The van der Waals surface area contributed by atoms with E-state index in [1.54, 1.807) is 12.1 Å². The molecule has 0 aliphatic heterocycles. The Labute approximate surface area is 59.4 Å². The van der Waals surface area contributed by atoms with Crippen molar-refractivity contribution < 1.29 is 0 Å². The standard InChI is InChI=1S/C7H7ClN/c8-7-3-1-6(5-9)2-4-7/h1-5H,9H2/q-1. The van der Waals surface area contributed by atoms with E-state index in [-0.39, 0.29) is 0 Å². The lowest BCUT2D eigenvalue weighted by Gasteiger charge is -2.03. The number of halogens is 1. The molecule has 48 valence electrons. The van der Waals surface area contributed by atoms with E-state index in [0.29, 0.717) is 0 Å². The molecule has 2 heteroatoms. The van der Waals surface area contributed by atoms with Crippen LogP contribution in [0.2, 0.25) is 5.02 Å². The first kappa shape index (κ1) is 6.46. The quantitative estimate of drug-likeness (QED) is 0.592. The molecule has 1 aromatic carbocycles. The smallest absolute Gasteiger partial charge is 0.0164 e. The lowest BCUT2D eigenvalue weighted by Crippen LogP contribution is -1.90. The van der Waals surface area contributed by atoms with E-state index >= 15 is 0 Å². The van der Waals surface area contributed by atoms with Gasteiger partial charge < -0.3 is 5.73 Å². The second kappa shape index (κ2) is 2.76. The predicted octanol–water partition coefficient (Wildman–Crippen LogP) is 1.81. The van der Waals surface area contributed by atoms with Gasteiger partial charge in [0.25, 0.3) is 0 Å². The molecular weight excluding hydrogens is 134 g/mol. The minimum Gasteiger partial charge on any atom is -0.360 e. The largest absolute Gasteiger partial charge is 0.360 e. The van der Waals surface area contributed by atoms with Crippen LogP contribution in [-0.4, -0.2) is 0 Å². The predicted molar refractivity (Wildman–Crippen MR) is 39.0 cm³/mol. The molecule has 1 aromatic rings. The van der Waals surface area contributed by atoms with Gasteiger partial charge in [0, 0.05) is 5.02 Å². The van der Waals surface area contributed by atoms with Crippen molar-refractivity contribution >= 4 is 11.6 Å². The summed E-state index contributed by atoms with van der Waals surface area (Å²) in [5, 5.41) is 0.737. The van der Waals surface area contributed by atoms with E-state index in [1.807, 2.05) is 12.1 Å². The van der Waals surface area contributed by atoms with Gasteiger partial charge in [-0.1, -0.05) is 23.7 Å². The summed E-state index contributed by atoms with van der Waals surface area (Å²) < 4.78 is 0. The topological polar surface area (TPSA) is 26.0 Å². The van der Waals surface area contributed by atoms with Gasteiger partial charge in [0.15, 0.2) is 0 Å². The SMILES string of the molecule is N[CH-]c1ccc(Cl)cc1. The molecule has 2 N–H and O–H groups in total. The third-order valence-corrected chi connectivity index (χ3v) is 1.31. The van der Waals surface area contributed by atoms with Gasteiger partial charge >= 0.3 is 0 Å². The fraction of sp³-hybridized carbons (Fsp3) is 0. The van der Waals surface area contributed by atoms with Crippen LogP contribution in [0.1, 0.15) is 5.56 Å². The maximum absolute atomic E-state index is 5.61. The van der Waals surface area contributed by atoms with Gasteiger partial charge in [-0.25, -0.2) is 0 Å². The number of hydrogen-bond donors (Lipinski definition) is 1. The van der Waals surface area contributed by atoms with Crippen LogP contribution in [0.15, 0.2) is 24.3 Å². The van der Waals surface area contributed by atoms with Crippen molar-refractivity contribution in [3.05, 3.63) is 41.4 Å². The number of rotatable bonds is 1. The Morgan fingerprint density at radius 1 is 1.22 bits per heavy atom. The number of nitrogens with two attached hydrogens (primary N) is 1. The first-order valence-corrected chi connectivity index (χ1v) is 3.01. The van der Waals surface area contributed by atoms with Crippen LogP contribution < -0.4 is 5.73 Å². The minimum atomic E-state index is 0.737. The lowest BCUT2D eigenvalue weighted by molar-refractivity contribution is 1.35. The van der Waals surface area contributed by atoms with Crippen LogP contribution in [0.5, 0.6) is 0 Å². The molecule has 0 aromatic heterocycles. The lowest BCUT2D eigenvalue weighted by atomic mass is 10.2. The van der Waals surface area contributed by atoms with E-state index in [4.69, 9.17) is 17.3 Å². The summed E-state index contributed by atoms with van der Waals surface area (Å²) in [7, 11) is 0. The molecule has 0 saturated carbocycles. The van der Waals surface area contributed by atoms with Gasteiger partial charge in [0.05, 0.1) is 0 Å². The van der Waals surface area contributed by atoms with Crippen molar-refractivity contribution in [3.8, 4) is 0 Å². The summed E-state index contributed by atoms with van der Waals surface area (Å²) in [5.41, 5.74) is 6.22. The first-order valence-electron chi connectivity index (χ1n) is 2.63. The highest BCUT2D eigenvalue weighted by molar-refractivity contribution is 6.30. The van der Waals surface area contributed by atoms with E-state index in [1.165, 1.54) is 6.54 Å². The van der Waals surface area contributed by atoms with Crippen LogP contribution in [0.25, 0.3) is 0 Å². The third kappa shape index (κ3) is 1.63. The molecule has 1 nitrogen and oxygen atoms in total. The molecule has 0 atom stereocenters. The summed E-state index contributed by atoms with van der Waals surface area (Å²) in [6, 6.07) is 7.34. The summed E-state index contributed by atoms with van der Waals surface area (Å²) in [5.74, 6) is 0. The van der Waals surface area contributed by atoms with Gasteiger partial charge in [-0.15, -0.1) is 6.54 Å². The zero-order chi connectivity index (χ0) is 6.69. The highest BCUT2D eigenvalue weighted by atomic mass is 35.5. The number of benzene rings is 1. The maximum atomic E-state index is 5.61. The second-order valence-electron chi connectivity index (χ2n) is 1.72. The molecule has 9 heavy (non-hydrogen) atoms. The molecule has 0 spiro atoms. The average molecular weight is 141 g/mol. The summed E-state index contributed by atoms with van der Waals surface area (Å²) >= 11 is 5.61. The summed E-state index contributed by atoms with van der Waals surface area (Å²) in [6.45, 7) is 1.54. The Morgan fingerprint density at radius 3 is 2.22 bits per heavy atom. The Kier molecular flexibility index (Phi) is 1.98. The van der Waals surface area contributed by atoms with Gasteiger partial charge in [-0.05, 0) is 0 Å². The van der Waals surface area contributed by atoms with Crippen LogP contribution >= 0.6 is 11.6 Å². The number of hydrogen-bond acceptors (Lipinski definition) is 1. The monoisotopic (exact) mass is 140 g/mol. The normalized spacial score (nSPS) is 9.11. The van der Waals surface area contributed by atoms with Crippen LogP contribution in [0.4, 0.5) is 0 Å². The van der Waals surface area contributed by atoms with E-state index < -0.39 is 0 Å². The van der Waals surface area contributed by atoms with Gasteiger partial charge in [0.1, 0.15) is 0 Å². The van der Waals surface area contributed by atoms with Crippen LogP contribution in [-0.2, 0) is 0 Å². The van der Waals surface area contributed by atoms with Crippen molar-refractivity contribution in [2.75, 3.05) is 0 Å². The highest BCUT2D eigenvalue weighted by Gasteiger charge is 1.78. The molecule has 0 unspecified atom stereocenters. The molecule has 0 aliphatic rings. The molecule has 0 aliphatic carbocycles. The molecule has 1 rings (SSSR count). The summed E-state index contributed by atoms with van der Waals surface area (Å²) in [6.07, 6.45) is 0. The van der Waals surface area contributed by atoms with Crippen molar-refractivity contribution in [3.63, 3.8) is 0 Å². The van der Waals surface area contributed by atoms with Crippen molar-refractivity contribution in [1.82, 2.24) is 0 Å². The average Bonchev–Trinajstić information content (AvgIpc) is 1.90. The molecule has 0 radical (unpaired) electrons. The van der Waals surface area contributed by atoms with Gasteiger partial charge in [0.2, 0.25) is 0 Å². The third-order valence-electron chi connectivity index (χ3n) is 1.06. The Bertz CT molecular complexity index is 181. The Hall–Kier alpha value is -0.660. The molecule has 0 heterocycles. The van der Waals surface area contributed by atoms with Gasteiger partial charge in [-0.2, -0.15) is 17.7 Å². The molecule has 0 bridgehead atoms. The Morgan fingerprint density at radius 2 is 1.78 bits per heavy atom. The fourth-order valence-electron chi connectivity index (χ4n) is 0.574. The second-order valence-corrected chi connectivity index (χ2v) is 2.15. The zero-order valence-electron chi connectivity index (χ0n) is 4.84. The van der Waals surface area contributed by atoms with Crippen molar-refractivity contribution in [2.45, 2.75) is 0 Å². The highest BCUT2D eigenvalue weighted by Crippen LogP contribution is 2.08. The molecule has 0 fully saturated rings. The van der Waals surface area contributed by atoms with Crippen molar-refractivity contribution in [2.24, 2.45) is 5.73 Å². The fourth-order valence-corrected chi connectivity index (χ4v) is 0.700. The molecule has 0 amide bonds. The van der Waals surface area contributed by atoms with E-state index in [2.05, 4.69) is 0 Å². The van der Waals surface area contributed by atoms with Gasteiger partial charge in [-0.3, -0.25) is 0 Å². The zero-order valence-corrected chi connectivity index (χ0v) is 5.60. The first-order chi connectivity index (χ1) is 4.33. The summed E-state index contributed by atoms with van der Waals surface area (Å²) in [4.78, 5) is 0. The molecular formula is C7H7ClN-. The van der Waals surface area contributed by atoms with Crippen LogP contribution in [0.3, 0.4) is 0 Å². The maximum Gasteiger partial charge on any atom is 0.0164 e. The minimum absolute atomic E-state index is 0.737. The van der Waals surface area contributed by atoms with Crippen molar-refractivity contribution in [1.29, 1.82) is 0 Å². The van der Waals surface area contributed by atoms with Crippen LogP contribution in [0, 0.1) is 6.54 Å². The van der Waals surface area contributed by atoms with E-state index in [0.717, 1.165) is 10.6 Å². The Balaban J connectivity index is 2.88. The molecule has 0 saturated heterocycles.